The molecule has 0 spiro atoms. The number of rotatable bonds is 11. The van der Waals surface area contributed by atoms with Gasteiger partial charge in [-0.1, -0.05) is 58.8 Å². The molecule has 20 heavy (non-hydrogen) atoms. The summed E-state index contributed by atoms with van der Waals surface area (Å²) in [5.41, 5.74) is 0. The molecule has 0 aromatic carbocycles. The number of quaternary nitrogens is 1. The van der Waals surface area contributed by atoms with Crippen LogP contribution in [0.15, 0.2) is 0 Å². The zero-order chi connectivity index (χ0) is 15.9. The molecule has 0 saturated carbocycles. The Labute approximate surface area is 127 Å². The van der Waals surface area contributed by atoms with Gasteiger partial charge < -0.3 is 14.4 Å². The summed E-state index contributed by atoms with van der Waals surface area (Å²) in [6.07, 6.45) is 11.0. The maximum atomic E-state index is 10.0. The Hall–Kier alpha value is -0.570. The fourth-order valence-corrected chi connectivity index (χ4v) is 1.86. The predicted octanol–water partition coefficient (Wildman–Crippen LogP) is 3.37. The van der Waals surface area contributed by atoms with E-state index >= 15 is 0 Å². The summed E-state index contributed by atoms with van der Waals surface area (Å²) in [5, 5.41) is 10.0. The van der Waals surface area contributed by atoms with E-state index in [1.54, 1.807) is 0 Å². The maximum Gasteiger partial charge on any atom is 0.0780 e. The van der Waals surface area contributed by atoms with Crippen LogP contribution in [0, 0.1) is 0 Å². The van der Waals surface area contributed by atoms with Gasteiger partial charge in [0.25, 0.3) is 0 Å². The predicted molar refractivity (Wildman–Crippen MR) is 85.4 cm³/mol. The van der Waals surface area contributed by atoms with Crippen LogP contribution in [0.5, 0.6) is 0 Å². The third-order valence-electron chi connectivity index (χ3n) is 3.17. The summed E-state index contributed by atoms with van der Waals surface area (Å²) >= 11 is 0. The lowest BCUT2D eigenvalue weighted by molar-refractivity contribution is -0.870. The molecule has 3 heteroatoms. The molecular formula is C17H37NO2. The second-order valence-corrected chi connectivity index (χ2v) is 6.61. The fourth-order valence-electron chi connectivity index (χ4n) is 1.86. The summed E-state index contributed by atoms with van der Waals surface area (Å²) in [4.78, 5) is 10.0. The summed E-state index contributed by atoms with van der Waals surface area (Å²) < 4.78 is 1.10. The summed E-state index contributed by atoms with van der Waals surface area (Å²) in [6, 6.07) is 0. The van der Waals surface area contributed by atoms with E-state index in [9.17, 15) is 9.90 Å². The fraction of sp³-hybridized carbons (Fsp3) is 0.941. The van der Waals surface area contributed by atoms with Gasteiger partial charge in [0.2, 0.25) is 0 Å². The highest BCUT2D eigenvalue weighted by atomic mass is 16.4. The van der Waals surface area contributed by atoms with Crippen LogP contribution in [0.1, 0.15) is 78.1 Å². The van der Waals surface area contributed by atoms with E-state index in [1.165, 1.54) is 51.5 Å². The van der Waals surface area contributed by atoms with E-state index in [4.69, 9.17) is 0 Å². The molecular weight excluding hydrogens is 250 g/mol. The topological polar surface area (TPSA) is 40.1 Å². The van der Waals surface area contributed by atoms with Crippen molar-refractivity contribution in [2.45, 2.75) is 78.1 Å². The minimum atomic E-state index is -0.913. The van der Waals surface area contributed by atoms with Crippen molar-refractivity contribution >= 4 is 5.97 Å². The molecule has 0 aromatic heterocycles. The van der Waals surface area contributed by atoms with Gasteiger partial charge >= 0.3 is 0 Å². The van der Waals surface area contributed by atoms with E-state index in [0.29, 0.717) is 0 Å². The van der Waals surface area contributed by atoms with Crippen LogP contribution in [0.2, 0.25) is 0 Å². The Morgan fingerprint density at radius 1 is 0.800 bits per heavy atom. The van der Waals surface area contributed by atoms with Gasteiger partial charge in [0.05, 0.1) is 27.7 Å². The lowest BCUT2D eigenvalue weighted by Gasteiger charge is -2.23. The molecule has 3 nitrogen and oxygen atoms in total. The van der Waals surface area contributed by atoms with Crippen molar-refractivity contribution in [2.24, 2.45) is 0 Å². The van der Waals surface area contributed by atoms with Crippen LogP contribution in [0.4, 0.5) is 0 Å². The number of aliphatic carboxylic acids is 1. The minimum Gasteiger partial charge on any atom is -0.550 e. The number of carboxylic acid groups (broad SMARTS) is 1. The van der Waals surface area contributed by atoms with Crippen LogP contribution < -0.4 is 5.11 Å². The standard InChI is InChI=1S/C10H20O2.C7H18N/c1-2-3-4-5-6-7-8-9-10(11)12;1-5-6-7-8(2,3)4/h2-9H2,1H3,(H,11,12);5-7H2,1-4H3/q;+1/p-1. The van der Waals surface area contributed by atoms with Crippen molar-refractivity contribution < 1.29 is 14.4 Å². The Morgan fingerprint density at radius 2 is 1.25 bits per heavy atom. The lowest BCUT2D eigenvalue weighted by atomic mass is 10.1. The van der Waals surface area contributed by atoms with E-state index in [1.807, 2.05) is 0 Å². The number of carbonyl (C=O) groups excluding carboxylic acids is 1. The number of carbonyl (C=O) groups is 1. The molecule has 0 aliphatic rings. The molecule has 0 atom stereocenters. The first-order chi connectivity index (χ1) is 9.33. The highest BCUT2D eigenvalue weighted by Crippen LogP contribution is 2.07. The molecule has 0 bridgehead atoms. The summed E-state index contributed by atoms with van der Waals surface area (Å²) in [7, 11) is 6.70. The third kappa shape index (κ3) is 26.1. The first-order valence-electron chi connectivity index (χ1n) is 8.33. The van der Waals surface area contributed by atoms with Gasteiger partial charge in [0.1, 0.15) is 0 Å². The van der Waals surface area contributed by atoms with Gasteiger partial charge in [0, 0.05) is 5.97 Å². The monoisotopic (exact) mass is 287 g/mol. The van der Waals surface area contributed by atoms with Gasteiger partial charge in [-0.2, -0.15) is 0 Å². The first kappa shape index (κ1) is 21.7. The van der Waals surface area contributed by atoms with Crippen LogP contribution >= 0.6 is 0 Å². The molecule has 0 rings (SSSR count). The van der Waals surface area contributed by atoms with Crippen LogP contribution in [-0.4, -0.2) is 38.1 Å². The van der Waals surface area contributed by atoms with E-state index < -0.39 is 5.97 Å². The normalized spacial score (nSPS) is 10.8. The van der Waals surface area contributed by atoms with Crippen molar-refractivity contribution in [3.05, 3.63) is 0 Å². The number of carboxylic acids is 1. The Bertz CT molecular complexity index is 210. The molecule has 0 heterocycles. The van der Waals surface area contributed by atoms with Gasteiger partial charge in [0.15, 0.2) is 0 Å². The van der Waals surface area contributed by atoms with Crippen molar-refractivity contribution in [3.8, 4) is 0 Å². The smallest absolute Gasteiger partial charge is 0.0780 e. The highest BCUT2D eigenvalue weighted by molar-refractivity contribution is 5.63. The molecule has 0 fully saturated rings. The van der Waals surface area contributed by atoms with Gasteiger partial charge in [-0.25, -0.2) is 0 Å². The quantitative estimate of drug-likeness (QED) is 0.432. The summed E-state index contributed by atoms with van der Waals surface area (Å²) in [5.74, 6) is -0.913. The largest absolute Gasteiger partial charge is 0.550 e. The molecule has 0 aromatic rings. The lowest BCUT2D eigenvalue weighted by Crippen LogP contribution is -2.35. The van der Waals surface area contributed by atoms with E-state index in [0.717, 1.165) is 17.3 Å². The van der Waals surface area contributed by atoms with E-state index in [-0.39, 0.29) is 6.42 Å². The highest BCUT2D eigenvalue weighted by Gasteiger charge is 2.02. The molecule has 0 aliphatic heterocycles. The second kappa shape index (κ2) is 14.8. The number of nitrogens with zero attached hydrogens (tertiary/aromatic N) is 1. The molecule has 0 unspecified atom stereocenters. The summed E-state index contributed by atoms with van der Waals surface area (Å²) in [6.45, 7) is 5.72. The van der Waals surface area contributed by atoms with Crippen LogP contribution in [0.25, 0.3) is 0 Å². The number of hydrogen-bond acceptors (Lipinski definition) is 2. The van der Waals surface area contributed by atoms with Crippen molar-refractivity contribution in [1.82, 2.24) is 0 Å². The van der Waals surface area contributed by atoms with Crippen molar-refractivity contribution in [1.29, 1.82) is 0 Å². The van der Waals surface area contributed by atoms with Crippen LogP contribution in [-0.2, 0) is 4.79 Å². The van der Waals surface area contributed by atoms with Crippen molar-refractivity contribution in [3.63, 3.8) is 0 Å². The number of hydrogen-bond donors (Lipinski definition) is 0. The SMILES string of the molecule is CCCCCCCCCC(=O)[O-].CCCC[N+](C)(C)C. The molecule has 0 aliphatic carbocycles. The Morgan fingerprint density at radius 3 is 1.60 bits per heavy atom. The first-order valence-corrected chi connectivity index (χ1v) is 8.33. The molecule has 0 radical (unpaired) electrons. The molecule has 0 amide bonds. The maximum absolute atomic E-state index is 10.0. The zero-order valence-corrected chi connectivity index (χ0v) is 14.5. The van der Waals surface area contributed by atoms with Gasteiger partial charge in [-0.3, -0.25) is 0 Å². The van der Waals surface area contributed by atoms with E-state index in [2.05, 4.69) is 35.0 Å². The molecule has 122 valence electrons. The Balaban J connectivity index is 0. The van der Waals surface area contributed by atoms with Crippen molar-refractivity contribution in [2.75, 3.05) is 27.7 Å². The minimum absolute atomic E-state index is 0.230. The average Bonchev–Trinajstić information content (AvgIpc) is 2.35. The second-order valence-electron chi connectivity index (χ2n) is 6.61. The third-order valence-corrected chi connectivity index (χ3v) is 3.17. The Kier molecular flexibility index (Phi) is 16.1. The van der Waals surface area contributed by atoms with Gasteiger partial charge in [-0.05, 0) is 19.3 Å². The average molecular weight is 287 g/mol. The van der Waals surface area contributed by atoms with Crippen LogP contribution in [0.3, 0.4) is 0 Å². The molecule has 0 saturated heterocycles. The zero-order valence-electron chi connectivity index (χ0n) is 14.5. The van der Waals surface area contributed by atoms with Gasteiger partial charge in [-0.15, -0.1) is 0 Å². The number of unbranched alkanes of at least 4 members (excludes halogenated alkanes) is 7. The molecule has 0 N–H and O–H groups in total.